The molecule has 0 aliphatic carbocycles. The van der Waals surface area contributed by atoms with Crippen molar-refractivity contribution in [3.8, 4) is 11.4 Å². The fraction of sp³-hybridized carbons (Fsp3) is 0.105. The van der Waals surface area contributed by atoms with Gasteiger partial charge in [0, 0.05) is 10.9 Å². The Morgan fingerprint density at radius 1 is 1.30 bits per heavy atom. The van der Waals surface area contributed by atoms with Crippen molar-refractivity contribution in [3.05, 3.63) is 65.4 Å². The van der Waals surface area contributed by atoms with Crippen molar-refractivity contribution in [2.75, 3.05) is 12.4 Å². The molecule has 7 nitrogen and oxygen atoms in total. The number of amides is 1. The van der Waals surface area contributed by atoms with Crippen molar-refractivity contribution in [2.24, 2.45) is 0 Å². The lowest BCUT2D eigenvalue weighted by Gasteiger charge is -2.11. The first kappa shape index (κ1) is 17.1. The Kier molecular flexibility index (Phi) is 4.29. The maximum atomic E-state index is 12.9. The number of benzene rings is 2. The molecule has 4 aromatic rings. The van der Waals surface area contributed by atoms with E-state index in [2.05, 4.69) is 15.4 Å². The zero-order valence-electron chi connectivity index (χ0n) is 14.6. The second-order valence-electron chi connectivity index (χ2n) is 5.85. The van der Waals surface area contributed by atoms with E-state index in [9.17, 15) is 4.79 Å². The summed E-state index contributed by atoms with van der Waals surface area (Å²) in [6, 6.07) is 10.6. The van der Waals surface area contributed by atoms with Crippen molar-refractivity contribution >= 4 is 34.2 Å². The van der Waals surface area contributed by atoms with E-state index in [0.29, 0.717) is 27.7 Å². The number of nitrogens with one attached hydrogen (secondary N) is 1. The number of anilines is 1. The highest BCUT2D eigenvalue weighted by molar-refractivity contribution is 6.33. The van der Waals surface area contributed by atoms with Crippen LogP contribution in [0.25, 0.3) is 16.7 Å². The largest absolute Gasteiger partial charge is 0.497 e. The highest BCUT2D eigenvalue weighted by Gasteiger charge is 2.20. The molecule has 136 valence electrons. The number of carbonyl (C=O) groups is 1. The summed E-state index contributed by atoms with van der Waals surface area (Å²) in [7, 11) is 1.59. The van der Waals surface area contributed by atoms with Crippen molar-refractivity contribution in [1.29, 1.82) is 0 Å². The molecule has 8 heteroatoms. The van der Waals surface area contributed by atoms with E-state index in [1.165, 1.54) is 17.3 Å². The molecular weight excluding hydrogens is 368 g/mol. The van der Waals surface area contributed by atoms with Crippen molar-refractivity contribution in [1.82, 2.24) is 14.8 Å². The Labute approximate surface area is 159 Å². The van der Waals surface area contributed by atoms with Gasteiger partial charge >= 0.3 is 0 Å². The number of ether oxygens (including phenoxy) is 1. The Hall–Kier alpha value is -3.32. The number of hydrogen-bond acceptors (Lipinski definition) is 5. The molecule has 0 saturated carbocycles. The minimum absolute atomic E-state index is 0.225. The van der Waals surface area contributed by atoms with Crippen LogP contribution in [0.2, 0.25) is 5.02 Å². The molecule has 0 unspecified atom stereocenters. The van der Waals surface area contributed by atoms with Gasteiger partial charge in [-0.05, 0) is 37.3 Å². The molecule has 0 aliphatic rings. The van der Waals surface area contributed by atoms with E-state index >= 15 is 0 Å². The Morgan fingerprint density at radius 2 is 2.15 bits per heavy atom. The van der Waals surface area contributed by atoms with E-state index in [1.807, 2.05) is 13.0 Å². The SMILES string of the molecule is COc1ccc2oc(C(=O)Nc3cccc(Cl)c3-n3cncn3)c(C)c2c1. The van der Waals surface area contributed by atoms with Gasteiger partial charge in [-0.1, -0.05) is 17.7 Å². The van der Waals surface area contributed by atoms with Crippen molar-refractivity contribution in [3.63, 3.8) is 0 Å². The second kappa shape index (κ2) is 6.77. The standard InChI is InChI=1S/C19H15ClN4O3/c1-11-13-8-12(26-2)6-7-16(13)27-18(11)19(25)23-15-5-3-4-14(20)17(15)24-10-21-9-22-24/h3-10H,1-2H3,(H,23,25). The van der Waals surface area contributed by atoms with Gasteiger partial charge in [-0.3, -0.25) is 4.79 Å². The molecule has 27 heavy (non-hydrogen) atoms. The number of aryl methyl sites for hydroxylation is 1. The van der Waals surface area contributed by atoms with Gasteiger partial charge in [0.2, 0.25) is 0 Å². The van der Waals surface area contributed by atoms with Gasteiger partial charge < -0.3 is 14.5 Å². The van der Waals surface area contributed by atoms with Crippen LogP contribution < -0.4 is 10.1 Å². The molecule has 2 aromatic carbocycles. The van der Waals surface area contributed by atoms with E-state index in [4.69, 9.17) is 20.8 Å². The van der Waals surface area contributed by atoms with Gasteiger partial charge in [-0.15, -0.1) is 0 Å². The zero-order chi connectivity index (χ0) is 19.0. The summed E-state index contributed by atoms with van der Waals surface area (Å²) in [4.78, 5) is 16.8. The number of fused-ring (bicyclic) bond motifs is 1. The van der Waals surface area contributed by atoms with Gasteiger partial charge in [-0.25, -0.2) is 9.67 Å². The summed E-state index contributed by atoms with van der Waals surface area (Å²) in [5, 5.41) is 8.20. The number of para-hydroxylation sites is 1. The third kappa shape index (κ3) is 3.02. The van der Waals surface area contributed by atoms with Crippen LogP contribution >= 0.6 is 11.6 Å². The van der Waals surface area contributed by atoms with Gasteiger partial charge in [0.05, 0.1) is 17.8 Å². The highest BCUT2D eigenvalue weighted by atomic mass is 35.5. The Morgan fingerprint density at radius 3 is 2.89 bits per heavy atom. The Bertz CT molecular complexity index is 1140. The van der Waals surface area contributed by atoms with E-state index in [1.54, 1.807) is 37.4 Å². The van der Waals surface area contributed by atoms with Crippen LogP contribution in [0.3, 0.4) is 0 Å². The monoisotopic (exact) mass is 382 g/mol. The minimum Gasteiger partial charge on any atom is -0.497 e. The molecule has 0 radical (unpaired) electrons. The number of aromatic nitrogens is 3. The third-order valence-corrected chi connectivity index (χ3v) is 4.54. The quantitative estimate of drug-likeness (QED) is 0.571. The lowest BCUT2D eigenvalue weighted by Crippen LogP contribution is -2.14. The number of methoxy groups -OCH3 is 1. The minimum atomic E-state index is -0.383. The van der Waals surface area contributed by atoms with Crippen molar-refractivity contribution < 1.29 is 13.9 Å². The molecular formula is C19H15ClN4O3. The number of rotatable bonds is 4. The molecule has 1 amide bonds. The second-order valence-corrected chi connectivity index (χ2v) is 6.26. The maximum absolute atomic E-state index is 12.9. The van der Waals surface area contributed by atoms with Crippen LogP contribution in [-0.2, 0) is 0 Å². The predicted octanol–water partition coefficient (Wildman–Crippen LogP) is 4.24. The first-order valence-corrected chi connectivity index (χ1v) is 8.48. The molecule has 2 aromatic heterocycles. The first-order chi connectivity index (χ1) is 13.1. The average molecular weight is 383 g/mol. The topological polar surface area (TPSA) is 82.2 Å². The lowest BCUT2D eigenvalue weighted by molar-refractivity contribution is 0.0998. The number of hydrogen-bond donors (Lipinski definition) is 1. The summed E-state index contributed by atoms with van der Waals surface area (Å²) >= 11 is 6.30. The zero-order valence-corrected chi connectivity index (χ0v) is 15.3. The summed E-state index contributed by atoms with van der Waals surface area (Å²) in [5.74, 6) is 0.538. The number of halogens is 1. The average Bonchev–Trinajstić information content (AvgIpc) is 3.30. The van der Waals surface area contributed by atoms with E-state index < -0.39 is 0 Å². The van der Waals surface area contributed by atoms with Gasteiger partial charge in [0.15, 0.2) is 5.76 Å². The van der Waals surface area contributed by atoms with Gasteiger partial charge in [-0.2, -0.15) is 5.10 Å². The van der Waals surface area contributed by atoms with Crippen LogP contribution in [0.4, 0.5) is 5.69 Å². The van der Waals surface area contributed by atoms with Gasteiger partial charge in [0.25, 0.3) is 5.91 Å². The molecule has 0 spiro atoms. The Balaban J connectivity index is 1.73. The smallest absolute Gasteiger partial charge is 0.291 e. The van der Waals surface area contributed by atoms with Crippen molar-refractivity contribution in [2.45, 2.75) is 6.92 Å². The van der Waals surface area contributed by atoms with Gasteiger partial charge in [0.1, 0.15) is 29.7 Å². The number of furan rings is 1. The molecule has 0 saturated heterocycles. The molecule has 0 atom stereocenters. The number of carbonyl (C=O) groups excluding carboxylic acids is 1. The van der Waals surface area contributed by atoms with Crippen LogP contribution in [0, 0.1) is 6.92 Å². The third-order valence-electron chi connectivity index (χ3n) is 4.23. The van der Waals surface area contributed by atoms with Crippen LogP contribution in [0.5, 0.6) is 5.75 Å². The fourth-order valence-corrected chi connectivity index (χ4v) is 3.16. The molecule has 4 rings (SSSR count). The summed E-state index contributed by atoms with van der Waals surface area (Å²) in [6.45, 7) is 1.83. The molecule has 0 bridgehead atoms. The first-order valence-electron chi connectivity index (χ1n) is 8.10. The maximum Gasteiger partial charge on any atom is 0.291 e. The molecule has 2 heterocycles. The molecule has 1 N–H and O–H groups in total. The number of nitrogens with zero attached hydrogens (tertiary/aromatic N) is 3. The highest BCUT2D eigenvalue weighted by Crippen LogP contribution is 2.31. The summed E-state index contributed by atoms with van der Waals surface area (Å²) in [6.07, 6.45) is 2.90. The van der Waals surface area contributed by atoms with Crippen LogP contribution in [0.1, 0.15) is 16.1 Å². The van der Waals surface area contributed by atoms with E-state index in [0.717, 1.165) is 10.9 Å². The molecule has 0 aliphatic heterocycles. The lowest BCUT2D eigenvalue weighted by atomic mass is 10.1. The van der Waals surface area contributed by atoms with Crippen LogP contribution in [-0.4, -0.2) is 27.8 Å². The fourth-order valence-electron chi connectivity index (χ4n) is 2.90. The van der Waals surface area contributed by atoms with Crippen LogP contribution in [0.15, 0.2) is 53.5 Å². The molecule has 0 fully saturated rings. The summed E-state index contributed by atoms with van der Waals surface area (Å²) in [5.41, 5.74) is 2.36. The normalized spacial score (nSPS) is 10.9. The predicted molar refractivity (Wildman–Crippen MR) is 102 cm³/mol. The van der Waals surface area contributed by atoms with E-state index in [-0.39, 0.29) is 11.7 Å². The summed E-state index contributed by atoms with van der Waals surface area (Å²) < 4.78 is 12.5.